The van der Waals surface area contributed by atoms with E-state index in [9.17, 15) is 9.59 Å². The molecule has 1 saturated heterocycles. The maximum absolute atomic E-state index is 11.5. The lowest BCUT2D eigenvalue weighted by Gasteiger charge is -2.32. The number of rotatable bonds is 8. The number of carbonyl (C=O) groups excluding carboxylic acids is 1. The Balaban J connectivity index is 1.96. The van der Waals surface area contributed by atoms with Crippen molar-refractivity contribution >= 4 is 11.9 Å². The van der Waals surface area contributed by atoms with Crippen LogP contribution in [0, 0.1) is 0 Å². The summed E-state index contributed by atoms with van der Waals surface area (Å²) in [5.41, 5.74) is 0. The number of unbranched alkanes of at least 4 members (excludes halogenated alkanes) is 1. The lowest BCUT2D eigenvalue weighted by molar-refractivity contribution is -0.137. The third kappa shape index (κ3) is 7.79. The largest absolute Gasteiger partial charge is 0.481 e. The van der Waals surface area contributed by atoms with Crippen LogP contribution in [0.1, 0.15) is 25.7 Å². The fraction of sp³-hybridized carbons (Fsp3) is 0.846. The van der Waals surface area contributed by atoms with Gasteiger partial charge in [0.1, 0.15) is 0 Å². The summed E-state index contributed by atoms with van der Waals surface area (Å²) >= 11 is 0. The lowest BCUT2D eigenvalue weighted by atomic mass is 10.2. The van der Waals surface area contributed by atoms with E-state index in [4.69, 9.17) is 5.11 Å². The summed E-state index contributed by atoms with van der Waals surface area (Å²) in [5.74, 6) is -0.769. The van der Waals surface area contributed by atoms with Crippen molar-refractivity contribution < 1.29 is 14.7 Å². The third-order valence-electron chi connectivity index (χ3n) is 3.39. The van der Waals surface area contributed by atoms with Crippen molar-refractivity contribution in [3.63, 3.8) is 0 Å². The molecule has 0 aliphatic carbocycles. The van der Waals surface area contributed by atoms with E-state index in [1.165, 1.54) is 0 Å². The quantitative estimate of drug-likeness (QED) is 0.608. The first-order valence-corrected chi connectivity index (χ1v) is 6.97. The Labute approximate surface area is 114 Å². The molecule has 0 bridgehead atoms. The van der Waals surface area contributed by atoms with Crippen LogP contribution in [-0.2, 0) is 9.59 Å². The van der Waals surface area contributed by atoms with Gasteiger partial charge in [0.2, 0.25) is 5.91 Å². The first-order valence-electron chi connectivity index (χ1n) is 6.97. The highest BCUT2D eigenvalue weighted by Crippen LogP contribution is 2.00. The summed E-state index contributed by atoms with van der Waals surface area (Å²) in [6.07, 6.45) is 1.79. The molecule has 0 saturated carbocycles. The maximum Gasteiger partial charge on any atom is 0.303 e. The predicted molar refractivity (Wildman–Crippen MR) is 73.1 cm³/mol. The van der Waals surface area contributed by atoms with Gasteiger partial charge < -0.3 is 15.3 Å². The van der Waals surface area contributed by atoms with Crippen molar-refractivity contribution in [2.45, 2.75) is 25.7 Å². The second-order valence-electron chi connectivity index (χ2n) is 5.10. The van der Waals surface area contributed by atoms with E-state index in [-0.39, 0.29) is 12.3 Å². The number of amides is 1. The van der Waals surface area contributed by atoms with Gasteiger partial charge in [-0.1, -0.05) is 0 Å². The van der Waals surface area contributed by atoms with Crippen LogP contribution in [0.2, 0.25) is 0 Å². The van der Waals surface area contributed by atoms with E-state index in [2.05, 4.69) is 22.2 Å². The van der Waals surface area contributed by atoms with Crippen molar-refractivity contribution in [3.8, 4) is 0 Å². The summed E-state index contributed by atoms with van der Waals surface area (Å²) in [7, 11) is 2.12. The van der Waals surface area contributed by atoms with E-state index in [0.29, 0.717) is 25.8 Å². The molecule has 6 nitrogen and oxygen atoms in total. The Morgan fingerprint density at radius 2 is 1.74 bits per heavy atom. The second kappa shape index (κ2) is 8.87. The van der Waals surface area contributed by atoms with Crippen LogP contribution in [-0.4, -0.2) is 73.1 Å². The molecule has 1 fully saturated rings. The zero-order chi connectivity index (χ0) is 14.1. The summed E-state index contributed by atoms with van der Waals surface area (Å²) in [6.45, 7) is 5.87. The van der Waals surface area contributed by atoms with E-state index in [1.807, 2.05) is 0 Å². The Hall–Kier alpha value is -1.14. The molecule has 0 aromatic heterocycles. The Bertz CT molecular complexity index is 289. The van der Waals surface area contributed by atoms with Gasteiger partial charge in [-0.15, -0.1) is 0 Å². The SMILES string of the molecule is CN1CCN(CCNC(=O)CCCCC(=O)O)CC1. The van der Waals surface area contributed by atoms with Crippen molar-refractivity contribution in [3.05, 3.63) is 0 Å². The number of hydrogen-bond donors (Lipinski definition) is 2. The van der Waals surface area contributed by atoms with Gasteiger partial charge in [-0.2, -0.15) is 0 Å². The second-order valence-corrected chi connectivity index (χ2v) is 5.10. The predicted octanol–water partition coefficient (Wildman–Crippen LogP) is -0.00500. The van der Waals surface area contributed by atoms with Gasteiger partial charge >= 0.3 is 5.97 Å². The monoisotopic (exact) mass is 271 g/mol. The number of carboxylic acid groups (broad SMARTS) is 1. The molecule has 1 aliphatic rings. The topological polar surface area (TPSA) is 72.9 Å². The highest BCUT2D eigenvalue weighted by atomic mass is 16.4. The smallest absolute Gasteiger partial charge is 0.303 e. The first kappa shape index (κ1) is 15.9. The molecular formula is C13H25N3O3. The van der Waals surface area contributed by atoms with Gasteiger partial charge in [0, 0.05) is 52.1 Å². The van der Waals surface area contributed by atoms with Crippen molar-refractivity contribution in [1.29, 1.82) is 0 Å². The number of aliphatic carboxylic acids is 1. The van der Waals surface area contributed by atoms with Crippen LogP contribution in [0.4, 0.5) is 0 Å². The Kier molecular flexibility index (Phi) is 7.43. The zero-order valence-electron chi connectivity index (χ0n) is 11.7. The summed E-state index contributed by atoms with van der Waals surface area (Å²) in [5, 5.41) is 11.4. The molecule has 0 unspecified atom stereocenters. The molecule has 1 amide bonds. The van der Waals surface area contributed by atoms with Crippen LogP contribution in [0.15, 0.2) is 0 Å². The van der Waals surface area contributed by atoms with Gasteiger partial charge in [0.15, 0.2) is 0 Å². The molecular weight excluding hydrogens is 246 g/mol. The highest BCUT2D eigenvalue weighted by Gasteiger charge is 2.13. The minimum atomic E-state index is -0.796. The summed E-state index contributed by atoms with van der Waals surface area (Å²) in [4.78, 5) is 26.5. The van der Waals surface area contributed by atoms with Gasteiger partial charge in [-0.25, -0.2) is 0 Å². The highest BCUT2D eigenvalue weighted by molar-refractivity contribution is 5.75. The number of hydrogen-bond acceptors (Lipinski definition) is 4. The van der Waals surface area contributed by atoms with Crippen molar-refractivity contribution in [1.82, 2.24) is 15.1 Å². The summed E-state index contributed by atoms with van der Waals surface area (Å²) in [6, 6.07) is 0. The van der Waals surface area contributed by atoms with Crippen LogP contribution in [0.25, 0.3) is 0 Å². The van der Waals surface area contributed by atoms with Crippen LogP contribution >= 0.6 is 0 Å². The molecule has 0 aromatic carbocycles. The molecule has 0 aromatic rings. The van der Waals surface area contributed by atoms with Gasteiger partial charge in [0.25, 0.3) is 0 Å². The van der Waals surface area contributed by atoms with Crippen LogP contribution < -0.4 is 5.32 Å². The molecule has 1 heterocycles. The van der Waals surface area contributed by atoms with Crippen LogP contribution in [0.5, 0.6) is 0 Å². The Morgan fingerprint density at radius 3 is 2.37 bits per heavy atom. The van der Waals surface area contributed by atoms with E-state index in [1.54, 1.807) is 0 Å². The number of likely N-dealkylation sites (N-methyl/N-ethyl adjacent to an activating group) is 1. The first-order chi connectivity index (χ1) is 9.08. The molecule has 110 valence electrons. The number of carboxylic acids is 1. The molecule has 0 spiro atoms. The van der Waals surface area contributed by atoms with Crippen molar-refractivity contribution in [2.75, 3.05) is 46.3 Å². The van der Waals surface area contributed by atoms with Gasteiger partial charge in [-0.3, -0.25) is 14.5 Å². The molecule has 0 radical (unpaired) electrons. The fourth-order valence-corrected chi connectivity index (χ4v) is 2.08. The average molecular weight is 271 g/mol. The number of nitrogens with one attached hydrogen (secondary N) is 1. The van der Waals surface area contributed by atoms with Crippen molar-refractivity contribution in [2.24, 2.45) is 0 Å². The number of nitrogens with zero attached hydrogens (tertiary/aromatic N) is 2. The molecule has 2 N–H and O–H groups in total. The molecule has 1 aliphatic heterocycles. The Morgan fingerprint density at radius 1 is 1.11 bits per heavy atom. The van der Waals surface area contributed by atoms with E-state index < -0.39 is 5.97 Å². The molecule has 19 heavy (non-hydrogen) atoms. The lowest BCUT2D eigenvalue weighted by Crippen LogP contribution is -2.46. The van der Waals surface area contributed by atoms with Gasteiger partial charge in [0.05, 0.1) is 0 Å². The van der Waals surface area contributed by atoms with E-state index >= 15 is 0 Å². The maximum atomic E-state index is 11.5. The molecule has 6 heteroatoms. The minimum Gasteiger partial charge on any atom is -0.481 e. The zero-order valence-corrected chi connectivity index (χ0v) is 11.7. The summed E-state index contributed by atoms with van der Waals surface area (Å²) < 4.78 is 0. The molecule has 0 atom stereocenters. The minimum absolute atomic E-state index is 0.0273. The molecule has 1 rings (SSSR count). The fourth-order valence-electron chi connectivity index (χ4n) is 2.08. The number of piperazine rings is 1. The normalized spacial score (nSPS) is 17.3. The number of carbonyl (C=O) groups is 2. The average Bonchev–Trinajstić information content (AvgIpc) is 2.37. The van der Waals surface area contributed by atoms with Crippen LogP contribution in [0.3, 0.4) is 0 Å². The van der Waals surface area contributed by atoms with Gasteiger partial charge in [-0.05, 0) is 19.9 Å². The standard InChI is InChI=1S/C13H25N3O3/c1-15-8-10-16(11-9-15)7-6-14-12(17)4-2-3-5-13(18)19/h2-11H2,1H3,(H,14,17)(H,18,19). The van der Waals surface area contributed by atoms with E-state index in [0.717, 1.165) is 32.7 Å². The third-order valence-corrected chi connectivity index (χ3v) is 3.39.